The summed E-state index contributed by atoms with van der Waals surface area (Å²) in [5.41, 5.74) is 0.0547. The van der Waals surface area contributed by atoms with Crippen LogP contribution in [0.1, 0.15) is 33.0 Å². The van der Waals surface area contributed by atoms with Crippen LogP contribution in [0.25, 0.3) is 0 Å². The van der Waals surface area contributed by atoms with E-state index < -0.39 is 0 Å². The summed E-state index contributed by atoms with van der Waals surface area (Å²) in [7, 11) is 1.40. The number of nitrogens with zero attached hydrogens (tertiary/aromatic N) is 2. The number of nitrogens with one attached hydrogen (secondary N) is 1. The first-order valence-corrected chi connectivity index (χ1v) is 5.74. The van der Waals surface area contributed by atoms with Crippen molar-refractivity contribution in [3.05, 3.63) is 18.2 Å². The van der Waals surface area contributed by atoms with Gasteiger partial charge in [0, 0.05) is 24.5 Å². The largest absolute Gasteiger partial charge is 0.469 e. The van der Waals surface area contributed by atoms with E-state index in [2.05, 4.69) is 35.8 Å². The zero-order chi connectivity index (χ0) is 12.9. The third kappa shape index (κ3) is 4.99. The molecule has 0 saturated heterocycles. The van der Waals surface area contributed by atoms with Crippen LogP contribution in [0.15, 0.2) is 12.4 Å². The van der Waals surface area contributed by atoms with Gasteiger partial charge >= 0.3 is 5.97 Å². The molecule has 5 heteroatoms. The first-order chi connectivity index (χ1) is 7.92. The number of aromatic nitrogens is 2. The fourth-order valence-corrected chi connectivity index (χ4v) is 1.37. The molecule has 5 nitrogen and oxygen atoms in total. The van der Waals surface area contributed by atoms with Crippen molar-refractivity contribution in [1.82, 2.24) is 14.9 Å². The van der Waals surface area contributed by atoms with E-state index in [1.807, 2.05) is 10.8 Å². The Labute approximate surface area is 102 Å². The number of methoxy groups -OCH3 is 1. The standard InChI is InChI=1S/C12H21N3O2/c1-12(2,3)14-9-10-13-6-8-15(10)7-5-11(16)17-4/h6,8,14H,5,7,9H2,1-4H3. The van der Waals surface area contributed by atoms with Crippen molar-refractivity contribution in [3.8, 4) is 0 Å². The van der Waals surface area contributed by atoms with Crippen LogP contribution in [0, 0.1) is 0 Å². The van der Waals surface area contributed by atoms with Crippen molar-refractivity contribution >= 4 is 5.97 Å². The van der Waals surface area contributed by atoms with Crippen LogP contribution < -0.4 is 5.32 Å². The maximum Gasteiger partial charge on any atom is 0.307 e. The Morgan fingerprint density at radius 1 is 1.53 bits per heavy atom. The minimum absolute atomic E-state index is 0.0547. The van der Waals surface area contributed by atoms with Crippen LogP contribution in [0.5, 0.6) is 0 Å². The molecule has 0 spiro atoms. The summed E-state index contributed by atoms with van der Waals surface area (Å²) >= 11 is 0. The highest BCUT2D eigenvalue weighted by atomic mass is 16.5. The van der Waals surface area contributed by atoms with Crippen molar-refractivity contribution in [2.24, 2.45) is 0 Å². The highest BCUT2D eigenvalue weighted by Gasteiger charge is 2.11. The Kier molecular flexibility index (Phi) is 4.69. The predicted octanol–water partition coefficient (Wildman–Crippen LogP) is 1.33. The fraction of sp³-hybridized carbons (Fsp3) is 0.667. The van der Waals surface area contributed by atoms with Crippen LogP contribution in [-0.4, -0.2) is 28.2 Å². The van der Waals surface area contributed by atoms with Crippen LogP contribution >= 0.6 is 0 Å². The van der Waals surface area contributed by atoms with Gasteiger partial charge in [0.15, 0.2) is 0 Å². The molecule has 0 bridgehead atoms. The molecule has 0 unspecified atom stereocenters. The lowest BCUT2D eigenvalue weighted by molar-refractivity contribution is -0.140. The van der Waals surface area contributed by atoms with Gasteiger partial charge in [0.05, 0.1) is 20.1 Å². The molecule has 0 aromatic carbocycles. The first-order valence-electron chi connectivity index (χ1n) is 5.74. The van der Waals surface area contributed by atoms with Crippen molar-refractivity contribution in [3.63, 3.8) is 0 Å². The molecule has 17 heavy (non-hydrogen) atoms. The summed E-state index contributed by atoms with van der Waals surface area (Å²) in [6.07, 6.45) is 3.99. The lowest BCUT2D eigenvalue weighted by atomic mass is 10.1. The summed E-state index contributed by atoms with van der Waals surface area (Å²) < 4.78 is 6.58. The van der Waals surface area contributed by atoms with E-state index in [4.69, 9.17) is 0 Å². The van der Waals surface area contributed by atoms with Crippen LogP contribution in [0.2, 0.25) is 0 Å². The molecule has 0 aliphatic heterocycles. The Balaban J connectivity index is 2.51. The van der Waals surface area contributed by atoms with Gasteiger partial charge in [-0.25, -0.2) is 4.98 Å². The molecule has 1 rings (SSSR count). The molecule has 0 atom stereocenters. The normalized spacial score (nSPS) is 11.5. The SMILES string of the molecule is COC(=O)CCn1ccnc1CNC(C)(C)C. The second-order valence-corrected chi connectivity index (χ2v) is 4.97. The fourth-order valence-electron chi connectivity index (χ4n) is 1.37. The summed E-state index contributed by atoms with van der Waals surface area (Å²) in [6, 6.07) is 0. The Hall–Kier alpha value is -1.36. The number of rotatable bonds is 5. The third-order valence-corrected chi connectivity index (χ3v) is 2.36. The summed E-state index contributed by atoms with van der Waals surface area (Å²) in [5.74, 6) is 0.734. The maximum atomic E-state index is 11.1. The minimum atomic E-state index is -0.201. The number of hydrogen-bond acceptors (Lipinski definition) is 4. The van der Waals surface area contributed by atoms with Crippen molar-refractivity contribution in [1.29, 1.82) is 0 Å². The van der Waals surface area contributed by atoms with Gasteiger partial charge in [0.1, 0.15) is 5.82 Å². The van der Waals surface area contributed by atoms with Gasteiger partial charge in [-0.1, -0.05) is 0 Å². The number of aryl methyl sites for hydroxylation is 1. The summed E-state index contributed by atoms with van der Waals surface area (Å²) in [5, 5.41) is 3.37. The smallest absolute Gasteiger partial charge is 0.307 e. The van der Waals surface area contributed by atoms with Gasteiger partial charge in [-0.05, 0) is 20.8 Å². The highest BCUT2D eigenvalue weighted by molar-refractivity contribution is 5.68. The van der Waals surface area contributed by atoms with E-state index in [1.54, 1.807) is 6.20 Å². The third-order valence-electron chi connectivity index (χ3n) is 2.36. The van der Waals surface area contributed by atoms with E-state index in [0.717, 1.165) is 5.82 Å². The molecule has 0 radical (unpaired) electrons. The predicted molar refractivity (Wildman–Crippen MR) is 65.5 cm³/mol. The molecular formula is C12H21N3O2. The lowest BCUT2D eigenvalue weighted by Gasteiger charge is -2.20. The molecule has 1 heterocycles. The molecule has 1 aromatic heterocycles. The van der Waals surface area contributed by atoms with Crippen LogP contribution in [0.4, 0.5) is 0 Å². The molecule has 96 valence electrons. The zero-order valence-corrected chi connectivity index (χ0v) is 11.0. The van der Waals surface area contributed by atoms with Gasteiger partial charge in [-0.3, -0.25) is 4.79 Å². The molecule has 0 amide bonds. The van der Waals surface area contributed by atoms with Gasteiger partial charge in [0.2, 0.25) is 0 Å². The molecular weight excluding hydrogens is 218 g/mol. The van der Waals surface area contributed by atoms with Crippen LogP contribution in [0.3, 0.4) is 0 Å². The quantitative estimate of drug-likeness (QED) is 0.788. The summed E-state index contributed by atoms with van der Waals surface area (Å²) in [4.78, 5) is 15.3. The molecule has 0 fully saturated rings. The summed E-state index contributed by atoms with van der Waals surface area (Å²) in [6.45, 7) is 7.61. The number of carbonyl (C=O) groups excluding carboxylic acids is 1. The van der Waals surface area contributed by atoms with E-state index in [1.165, 1.54) is 7.11 Å². The topological polar surface area (TPSA) is 56.2 Å². The monoisotopic (exact) mass is 239 g/mol. The number of carbonyl (C=O) groups is 1. The molecule has 0 aliphatic rings. The molecule has 1 aromatic rings. The first kappa shape index (κ1) is 13.7. The van der Waals surface area contributed by atoms with E-state index in [9.17, 15) is 4.79 Å². The Morgan fingerprint density at radius 3 is 2.82 bits per heavy atom. The zero-order valence-electron chi connectivity index (χ0n) is 11.0. The average Bonchev–Trinajstić information content (AvgIpc) is 2.69. The number of esters is 1. The van der Waals surface area contributed by atoms with Gasteiger partial charge in [-0.2, -0.15) is 0 Å². The minimum Gasteiger partial charge on any atom is -0.469 e. The number of ether oxygens (including phenoxy) is 1. The number of imidazole rings is 1. The van der Waals surface area contributed by atoms with Crippen molar-refractivity contribution in [2.45, 2.75) is 45.8 Å². The molecule has 0 aliphatic carbocycles. The lowest BCUT2D eigenvalue weighted by Crippen LogP contribution is -2.36. The van der Waals surface area contributed by atoms with Crippen LogP contribution in [-0.2, 0) is 22.6 Å². The van der Waals surface area contributed by atoms with Gasteiger partial charge < -0.3 is 14.6 Å². The molecule has 0 saturated carbocycles. The maximum absolute atomic E-state index is 11.1. The van der Waals surface area contributed by atoms with Gasteiger partial charge in [-0.15, -0.1) is 0 Å². The van der Waals surface area contributed by atoms with E-state index >= 15 is 0 Å². The second-order valence-electron chi connectivity index (χ2n) is 4.97. The highest BCUT2D eigenvalue weighted by Crippen LogP contribution is 2.04. The second kappa shape index (κ2) is 5.82. The average molecular weight is 239 g/mol. The van der Waals surface area contributed by atoms with E-state index in [-0.39, 0.29) is 11.5 Å². The van der Waals surface area contributed by atoms with E-state index in [0.29, 0.717) is 19.5 Å². The Bertz CT molecular complexity index is 366. The van der Waals surface area contributed by atoms with Crippen molar-refractivity contribution < 1.29 is 9.53 Å². The Morgan fingerprint density at radius 2 is 2.24 bits per heavy atom. The molecule has 1 N–H and O–H groups in total. The van der Waals surface area contributed by atoms with Crippen molar-refractivity contribution in [2.75, 3.05) is 7.11 Å². The number of hydrogen-bond donors (Lipinski definition) is 1. The van der Waals surface area contributed by atoms with Gasteiger partial charge in [0.25, 0.3) is 0 Å².